The number of likely N-dealkylation sites (N-methyl/N-ethyl adjacent to an activating group) is 2. The van der Waals surface area contributed by atoms with E-state index in [2.05, 4.69) is 15.4 Å². The lowest BCUT2D eigenvalue weighted by atomic mass is 10.2. The summed E-state index contributed by atoms with van der Waals surface area (Å²) in [4.78, 5) is 47.0. The van der Waals surface area contributed by atoms with Crippen molar-refractivity contribution < 1.29 is 28.3 Å². The third-order valence-corrected chi connectivity index (χ3v) is 2.95. The SMILES string of the molecule is CNC(=O)CN(C)C(=O)COC(=O)CNC(=O)c1ccccc1F. The highest BCUT2D eigenvalue weighted by Gasteiger charge is 2.16. The summed E-state index contributed by atoms with van der Waals surface area (Å²) in [7, 11) is 2.81. The number of benzene rings is 1. The Kier molecular flexibility index (Phi) is 7.34. The molecule has 0 spiro atoms. The van der Waals surface area contributed by atoms with Crippen molar-refractivity contribution in [3.8, 4) is 0 Å². The van der Waals surface area contributed by atoms with Crippen LogP contribution in [-0.2, 0) is 19.1 Å². The first-order valence-corrected chi connectivity index (χ1v) is 6.98. The van der Waals surface area contributed by atoms with Gasteiger partial charge in [-0.15, -0.1) is 0 Å². The molecule has 0 aliphatic rings. The van der Waals surface area contributed by atoms with Crippen molar-refractivity contribution in [1.29, 1.82) is 0 Å². The standard InChI is InChI=1S/C15H18FN3O5/c1-17-12(20)8-19(2)13(21)9-24-14(22)7-18-15(23)10-5-3-4-6-11(10)16/h3-6H,7-9H2,1-2H3,(H,17,20)(H,18,23). The number of carbonyl (C=O) groups is 4. The van der Waals surface area contributed by atoms with Crippen LogP contribution < -0.4 is 10.6 Å². The molecule has 0 heterocycles. The Morgan fingerprint density at radius 3 is 2.50 bits per heavy atom. The highest BCUT2D eigenvalue weighted by Crippen LogP contribution is 2.05. The third-order valence-electron chi connectivity index (χ3n) is 2.95. The molecule has 1 aromatic carbocycles. The van der Waals surface area contributed by atoms with E-state index in [-0.39, 0.29) is 18.0 Å². The van der Waals surface area contributed by atoms with Crippen LogP contribution in [0.2, 0.25) is 0 Å². The fourth-order valence-corrected chi connectivity index (χ4v) is 1.58. The first kappa shape index (κ1) is 19.1. The van der Waals surface area contributed by atoms with E-state index in [1.54, 1.807) is 0 Å². The Labute approximate surface area is 138 Å². The number of halogens is 1. The van der Waals surface area contributed by atoms with Crippen LogP contribution in [0.15, 0.2) is 24.3 Å². The number of rotatable bonds is 7. The maximum Gasteiger partial charge on any atom is 0.325 e. The Morgan fingerprint density at radius 2 is 1.88 bits per heavy atom. The topological polar surface area (TPSA) is 105 Å². The van der Waals surface area contributed by atoms with Crippen LogP contribution in [0.3, 0.4) is 0 Å². The van der Waals surface area contributed by atoms with E-state index in [1.165, 1.54) is 32.3 Å². The van der Waals surface area contributed by atoms with Gasteiger partial charge in [-0.2, -0.15) is 0 Å². The molecule has 1 rings (SSSR count). The van der Waals surface area contributed by atoms with Gasteiger partial charge in [0, 0.05) is 14.1 Å². The van der Waals surface area contributed by atoms with Crippen molar-refractivity contribution in [3.63, 3.8) is 0 Å². The molecule has 8 nitrogen and oxygen atoms in total. The number of amides is 3. The van der Waals surface area contributed by atoms with Gasteiger partial charge in [0.15, 0.2) is 6.61 Å². The van der Waals surface area contributed by atoms with Crippen molar-refractivity contribution in [2.75, 3.05) is 33.8 Å². The van der Waals surface area contributed by atoms with Gasteiger partial charge in [-0.1, -0.05) is 12.1 Å². The molecule has 0 aliphatic carbocycles. The van der Waals surface area contributed by atoms with E-state index < -0.39 is 36.8 Å². The summed E-state index contributed by atoms with van der Waals surface area (Å²) in [5, 5.41) is 4.54. The number of nitrogens with one attached hydrogen (secondary N) is 2. The summed E-state index contributed by atoms with van der Waals surface area (Å²) < 4.78 is 18.1. The molecule has 0 bridgehead atoms. The number of ether oxygens (including phenoxy) is 1. The molecule has 0 saturated heterocycles. The van der Waals surface area contributed by atoms with Crippen LogP contribution in [0.4, 0.5) is 4.39 Å². The second-order valence-electron chi connectivity index (χ2n) is 4.75. The number of nitrogens with zero attached hydrogens (tertiary/aromatic N) is 1. The van der Waals surface area contributed by atoms with Crippen molar-refractivity contribution >= 4 is 23.7 Å². The minimum Gasteiger partial charge on any atom is -0.454 e. The van der Waals surface area contributed by atoms with E-state index in [4.69, 9.17) is 0 Å². The second kappa shape index (κ2) is 9.23. The van der Waals surface area contributed by atoms with Gasteiger partial charge in [-0.05, 0) is 12.1 Å². The van der Waals surface area contributed by atoms with E-state index in [0.29, 0.717) is 0 Å². The Morgan fingerprint density at radius 1 is 1.21 bits per heavy atom. The van der Waals surface area contributed by atoms with Crippen LogP contribution in [0.1, 0.15) is 10.4 Å². The van der Waals surface area contributed by atoms with Crippen LogP contribution >= 0.6 is 0 Å². The molecule has 0 atom stereocenters. The highest BCUT2D eigenvalue weighted by atomic mass is 19.1. The minimum atomic E-state index is -0.860. The first-order chi connectivity index (χ1) is 11.3. The van der Waals surface area contributed by atoms with Gasteiger partial charge in [0.25, 0.3) is 11.8 Å². The van der Waals surface area contributed by atoms with Gasteiger partial charge in [0.1, 0.15) is 12.4 Å². The highest BCUT2D eigenvalue weighted by molar-refractivity contribution is 5.96. The summed E-state index contributed by atoms with van der Waals surface area (Å²) >= 11 is 0. The molecule has 130 valence electrons. The summed E-state index contributed by atoms with van der Waals surface area (Å²) in [5.41, 5.74) is -0.202. The largest absolute Gasteiger partial charge is 0.454 e. The van der Waals surface area contributed by atoms with Gasteiger partial charge in [0.05, 0.1) is 12.1 Å². The molecule has 1 aromatic rings. The first-order valence-electron chi connectivity index (χ1n) is 6.98. The smallest absolute Gasteiger partial charge is 0.325 e. The number of esters is 1. The monoisotopic (exact) mass is 339 g/mol. The van der Waals surface area contributed by atoms with Crippen LogP contribution in [-0.4, -0.2) is 62.4 Å². The zero-order valence-corrected chi connectivity index (χ0v) is 13.3. The maximum atomic E-state index is 13.4. The molecule has 0 unspecified atom stereocenters. The lowest BCUT2D eigenvalue weighted by molar-refractivity contribution is -0.151. The Hall–Kier alpha value is -2.97. The van der Waals surface area contributed by atoms with Crippen molar-refractivity contribution in [1.82, 2.24) is 15.5 Å². The average molecular weight is 339 g/mol. The van der Waals surface area contributed by atoms with Crippen LogP contribution in [0.5, 0.6) is 0 Å². The molecule has 0 aliphatic heterocycles. The number of carbonyl (C=O) groups excluding carboxylic acids is 4. The van der Waals surface area contributed by atoms with E-state index >= 15 is 0 Å². The van der Waals surface area contributed by atoms with Crippen molar-refractivity contribution in [2.45, 2.75) is 0 Å². The summed E-state index contributed by atoms with van der Waals surface area (Å²) in [6, 6.07) is 5.31. The van der Waals surface area contributed by atoms with Crippen molar-refractivity contribution in [2.24, 2.45) is 0 Å². The molecule has 0 aromatic heterocycles. The zero-order chi connectivity index (χ0) is 18.1. The summed E-state index contributed by atoms with van der Waals surface area (Å²) in [6.07, 6.45) is 0. The Balaban J connectivity index is 2.36. The van der Waals surface area contributed by atoms with Crippen LogP contribution in [0.25, 0.3) is 0 Å². The molecular weight excluding hydrogens is 321 g/mol. The number of hydrogen-bond acceptors (Lipinski definition) is 5. The molecule has 2 N–H and O–H groups in total. The molecule has 0 fully saturated rings. The van der Waals surface area contributed by atoms with Gasteiger partial charge < -0.3 is 20.3 Å². The quantitative estimate of drug-likeness (QED) is 0.640. The Bertz CT molecular complexity index is 635. The third kappa shape index (κ3) is 6.03. The van der Waals surface area contributed by atoms with Gasteiger partial charge in [0.2, 0.25) is 5.91 Å². The molecular formula is C15H18FN3O5. The van der Waals surface area contributed by atoms with E-state index in [0.717, 1.165) is 11.0 Å². The fraction of sp³-hybridized carbons (Fsp3) is 0.333. The van der Waals surface area contributed by atoms with Gasteiger partial charge in [-0.25, -0.2) is 4.39 Å². The minimum absolute atomic E-state index is 0.170. The second-order valence-corrected chi connectivity index (χ2v) is 4.75. The fourth-order valence-electron chi connectivity index (χ4n) is 1.58. The molecule has 0 saturated carbocycles. The maximum absolute atomic E-state index is 13.4. The predicted octanol–water partition coefficient (Wildman–Crippen LogP) is -0.697. The zero-order valence-electron chi connectivity index (χ0n) is 13.3. The molecule has 9 heteroatoms. The lowest BCUT2D eigenvalue weighted by Crippen LogP contribution is -2.39. The van der Waals surface area contributed by atoms with Crippen molar-refractivity contribution in [3.05, 3.63) is 35.6 Å². The predicted molar refractivity (Wildman–Crippen MR) is 81.4 cm³/mol. The average Bonchev–Trinajstić information content (AvgIpc) is 2.57. The van der Waals surface area contributed by atoms with Crippen LogP contribution in [0, 0.1) is 5.82 Å². The van der Waals surface area contributed by atoms with Gasteiger partial charge >= 0.3 is 5.97 Å². The van der Waals surface area contributed by atoms with E-state index in [9.17, 15) is 23.6 Å². The lowest BCUT2D eigenvalue weighted by Gasteiger charge is -2.16. The number of hydrogen-bond donors (Lipinski definition) is 2. The normalized spacial score (nSPS) is 9.79. The van der Waals surface area contributed by atoms with Gasteiger partial charge in [-0.3, -0.25) is 19.2 Å². The van der Waals surface area contributed by atoms with E-state index in [1.807, 2.05) is 0 Å². The molecule has 0 radical (unpaired) electrons. The molecule has 3 amide bonds. The summed E-state index contributed by atoms with van der Waals surface area (Å²) in [5.74, 6) is -3.29. The summed E-state index contributed by atoms with van der Waals surface area (Å²) in [6.45, 7) is -1.25. The molecule has 24 heavy (non-hydrogen) atoms.